The van der Waals surface area contributed by atoms with E-state index in [-0.39, 0.29) is 0 Å². The lowest BCUT2D eigenvalue weighted by molar-refractivity contribution is 0.592. The highest BCUT2D eigenvalue weighted by Gasteiger charge is 2.01. The summed E-state index contributed by atoms with van der Waals surface area (Å²) in [6.07, 6.45) is 2.99. The van der Waals surface area contributed by atoms with Gasteiger partial charge in [-0.05, 0) is 34.0 Å². The summed E-state index contributed by atoms with van der Waals surface area (Å²) in [5.74, 6) is 1.62. The fourth-order valence-corrected chi connectivity index (χ4v) is 1.33. The first-order valence-electron chi connectivity index (χ1n) is 4.58. The Kier molecular flexibility index (Phi) is 4.22. The summed E-state index contributed by atoms with van der Waals surface area (Å²) in [5, 5.41) is 3.31. The molecule has 0 bridgehead atoms. The second-order valence-electron chi connectivity index (χ2n) is 3.23. The van der Waals surface area contributed by atoms with Crippen molar-refractivity contribution in [2.75, 3.05) is 11.9 Å². The SMILES string of the molecule is CCC(C)CNc1ncccc1Br. The van der Waals surface area contributed by atoms with Crippen LogP contribution in [0.15, 0.2) is 22.8 Å². The van der Waals surface area contributed by atoms with Crippen LogP contribution in [0, 0.1) is 5.92 Å². The molecule has 0 radical (unpaired) electrons. The van der Waals surface area contributed by atoms with Crippen LogP contribution in [0.1, 0.15) is 20.3 Å². The van der Waals surface area contributed by atoms with Crippen LogP contribution in [0.2, 0.25) is 0 Å². The van der Waals surface area contributed by atoms with Crippen molar-refractivity contribution >= 4 is 21.7 Å². The molecule has 1 aromatic rings. The second kappa shape index (κ2) is 5.22. The van der Waals surface area contributed by atoms with Crippen molar-refractivity contribution in [1.82, 2.24) is 4.98 Å². The van der Waals surface area contributed by atoms with Gasteiger partial charge in [0, 0.05) is 12.7 Å². The van der Waals surface area contributed by atoms with E-state index in [4.69, 9.17) is 0 Å². The molecule has 0 amide bonds. The first-order valence-corrected chi connectivity index (χ1v) is 5.37. The van der Waals surface area contributed by atoms with E-state index < -0.39 is 0 Å². The maximum Gasteiger partial charge on any atom is 0.140 e. The summed E-state index contributed by atoms with van der Waals surface area (Å²) in [4.78, 5) is 4.23. The maximum absolute atomic E-state index is 4.23. The summed E-state index contributed by atoms with van der Waals surface area (Å²) >= 11 is 3.44. The standard InChI is InChI=1S/C10H15BrN2/c1-3-8(2)7-13-10-9(11)5-4-6-12-10/h4-6,8H,3,7H2,1-2H3,(H,12,13). The van der Waals surface area contributed by atoms with Gasteiger partial charge in [-0.3, -0.25) is 0 Å². The van der Waals surface area contributed by atoms with Crippen LogP contribution in [-0.4, -0.2) is 11.5 Å². The molecule has 0 aliphatic heterocycles. The zero-order valence-corrected chi connectivity index (χ0v) is 9.63. The van der Waals surface area contributed by atoms with Crippen molar-refractivity contribution in [2.45, 2.75) is 20.3 Å². The Hall–Kier alpha value is -0.570. The van der Waals surface area contributed by atoms with E-state index in [1.54, 1.807) is 6.20 Å². The lowest BCUT2D eigenvalue weighted by atomic mass is 10.1. The largest absolute Gasteiger partial charge is 0.369 e. The van der Waals surface area contributed by atoms with E-state index in [1.165, 1.54) is 6.42 Å². The highest BCUT2D eigenvalue weighted by molar-refractivity contribution is 9.10. The van der Waals surface area contributed by atoms with Crippen LogP contribution in [0.5, 0.6) is 0 Å². The molecular formula is C10H15BrN2. The zero-order chi connectivity index (χ0) is 9.68. The molecule has 1 N–H and O–H groups in total. The molecule has 1 aromatic heterocycles. The number of pyridine rings is 1. The summed E-state index contributed by atoms with van der Waals surface area (Å²) in [6.45, 7) is 5.40. The van der Waals surface area contributed by atoms with E-state index >= 15 is 0 Å². The van der Waals surface area contributed by atoms with Gasteiger partial charge in [-0.1, -0.05) is 20.3 Å². The van der Waals surface area contributed by atoms with Gasteiger partial charge in [0.15, 0.2) is 0 Å². The van der Waals surface area contributed by atoms with Gasteiger partial charge >= 0.3 is 0 Å². The van der Waals surface area contributed by atoms with Crippen LogP contribution in [0.4, 0.5) is 5.82 Å². The highest BCUT2D eigenvalue weighted by Crippen LogP contribution is 2.18. The first-order chi connectivity index (χ1) is 6.24. The summed E-state index contributed by atoms with van der Waals surface area (Å²) in [7, 11) is 0. The Bertz CT molecular complexity index is 263. The third kappa shape index (κ3) is 3.35. The Morgan fingerprint density at radius 1 is 1.62 bits per heavy atom. The van der Waals surface area contributed by atoms with Gasteiger partial charge in [-0.15, -0.1) is 0 Å². The monoisotopic (exact) mass is 242 g/mol. The molecule has 72 valence electrons. The number of aromatic nitrogens is 1. The third-order valence-corrected chi connectivity index (χ3v) is 2.71. The van der Waals surface area contributed by atoms with Crippen molar-refractivity contribution in [3.05, 3.63) is 22.8 Å². The molecule has 0 saturated carbocycles. The van der Waals surface area contributed by atoms with Crippen LogP contribution in [0.3, 0.4) is 0 Å². The Morgan fingerprint density at radius 3 is 3.00 bits per heavy atom. The van der Waals surface area contributed by atoms with Crippen molar-refractivity contribution in [2.24, 2.45) is 5.92 Å². The molecule has 0 fully saturated rings. The van der Waals surface area contributed by atoms with E-state index in [0.717, 1.165) is 16.8 Å². The summed E-state index contributed by atoms with van der Waals surface area (Å²) in [5.41, 5.74) is 0. The van der Waals surface area contributed by atoms with Crippen molar-refractivity contribution < 1.29 is 0 Å². The lowest BCUT2D eigenvalue weighted by Crippen LogP contribution is -2.11. The topological polar surface area (TPSA) is 24.9 Å². The highest BCUT2D eigenvalue weighted by atomic mass is 79.9. The van der Waals surface area contributed by atoms with Crippen LogP contribution in [0.25, 0.3) is 0 Å². The number of halogens is 1. The average Bonchev–Trinajstić information content (AvgIpc) is 2.16. The number of anilines is 1. The molecular weight excluding hydrogens is 228 g/mol. The third-order valence-electron chi connectivity index (χ3n) is 2.07. The number of nitrogens with zero attached hydrogens (tertiary/aromatic N) is 1. The zero-order valence-electron chi connectivity index (χ0n) is 8.05. The molecule has 0 spiro atoms. The molecule has 1 unspecified atom stereocenters. The number of hydrogen-bond acceptors (Lipinski definition) is 2. The van der Waals surface area contributed by atoms with Gasteiger partial charge in [0.25, 0.3) is 0 Å². The predicted octanol–water partition coefficient (Wildman–Crippen LogP) is 3.30. The lowest BCUT2D eigenvalue weighted by Gasteiger charge is -2.11. The van der Waals surface area contributed by atoms with E-state index in [9.17, 15) is 0 Å². The maximum atomic E-state index is 4.23. The smallest absolute Gasteiger partial charge is 0.140 e. The van der Waals surface area contributed by atoms with Gasteiger partial charge in [0.1, 0.15) is 5.82 Å². The minimum absolute atomic E-state index is 0.689. The summed E-state index contributed by atoms with van der Waals surface area (Å²) in [6, 6.07) is 3.91. The average molecular weight is 243 g/mol. The van der Waals surface area contributed by atoms with Crippen molar-refractivity contribution in [3.8, 4) is 0 Å². The van der Waals surface area contributed by atoms with Crippen LogP contribution >= 0.6 is 15.9 Å². The van der Waals surface area contributed by atoms with Crippen LogP contribution in [-0.2, 0) is 0 Å². The Morgan fingerprint density at radius 2 is 2.38 bits per heavy atom. The summed E-state index contributed by atoms with van der Waals surface area (Å²) < 4.78 is 1.03. The molecule has 1 heterocycles. The van der Waals surface area contributed by atoms with Gasteiger partial charge < -0.3 is 5.32 Å². The van der Waals surface area contributed by atoms with E-state index in [1.807, 2.05) is 12.1 Å². The molecule has 3 heteroatoms. The number of rotatable bonds is 4. The minimum atomic E-state index is 0.689. The van der Waals surface area contributed by atoms with Gasteiger partial charge in [0.2, 0.25) is 0 Å². The molecule has 1 atom stereocenters. The minimum Gasteiger partial charge on any atom is -0.369 e. The number of nitrogens with one attached hydrogen (secondary N) is 1. The molecule has 0 saturated heterocycles. The van der Waals surface area contributed by atoms with Crippen LogP contribution < -0.4 is 5.32 Å². The van der Waals surface area contributed by atoms with Gasteiger partial charge in [-0.25, -0.2) is 4.98 Å². The Balaban J connectivity index is 2.50. The predicted molar refractivity (Wildman–Crippen MR) is 59.9 cm³/mol. The molecule has 1 rings (SSSR count). The fraction of sp³-hybridized carbons (Fsp3) is 0.500. The van der Waals surface area contributed by atoms with E-state index in [0.29, 0.717) is 5.92 Å². The number of hydrogen-bond donors (Lipinski definition) is 1. The fourth-order valence-electron chi connectivity index (χ4n) is 0.931. The molecule has 13 heavy (non-hydrogen) atoms. The second-order valence-corrected chi connectivity index (χ2v) is 4.08. The van der Waals surface area contributed by atoms with Gasteiger partial charge in [-0.2, -0.15) is 0 Å². The Labute approximate surface area is 87.9 Å². The van der Waals surface area contributed by atoms with Crippen molar-refractivity contribution in [3.63, 3.8) is 0 Å². The van der Waals surface area contributed by atoms with Crippen molar-refractivity contribution in [1.29, 1.82) is 0 Å². The molecule has 2 nitrogen and oxygen atoms in total. The molecule has 0 aliphatic carbocycles. The van der Waals surface area contributed by atoms with Gasteiger partial charge in [0.05, 0.1) is 4.47 Å². The molecule has 0 aromatic carbocycles. The molecule has 0 aliphatic rings. The van der Waals surface area contributed by atoms with E-state index in [2.05, 4.69) is 40.1 Å². The normalized spacial score (nSPS) is 12.5. The first kappa shape index (κ1) is 10.5. The quantitative estimate of drug-likeness (QED) is 0.877.